The molecule has 5 N–H and O–H groups in total. The summed E-state index contributed by atoms with van der Waals surface area (Å²) in [4.78, 5) is 2.37. The molecule has 2 aromatic carbocycles. The van der Waals surface area contributed by atoms with Crippen molar-refractivity contribution in [2.75, 3.05) is 32.0 Å². The van der Waals surface area contributed by atoms with Gasteiger partial charge >= 0.3 is 0 Å². The molecule has 0 bridgehead atoms. The molecule has 1 aliphatic rings. The zero-order valence-corrected chi connectivity index (χ0v) is 17.3. The van der Waals surface area contributed by atoms with Gasteiger partial charge in [0.05, 0.1) is 37.0 Å². The van der Waals surface area contributed by atoms with Crippen LogP contribution in [-0.4, -0.2) is 47.1 Å². The summed E-state index contributed by atoms with van der Waals surface area (Å²) in [6, 6.07) is 15.6. The first-order valence-corrected chi connectivity index (χ1v) is 10.2. The molecule has 2 heterocycles. The number of nitrogen functional groups attached to an aromatic ring is 1. The highest BCUT2D eigenvalue weighted by Gasteiger charge is 2.13. The van der Waals surface area contributed by atoms with Gasteiger partial charge in [0.25, 0.3) is 0 Å². The molecule has 31 heavy (non-hydrogen) atoms. The van der Waals surface area contributed by atoms with Crippen LogP contribution in [0.4, 0.5) is 5.69 Å². The molecule has 0 saturated carbocycles. The van der Waals surface area contributed by atoms with Crippen molar-refractivity contribution in [3.63, 3.8) is 0 Å². The number of hydrogen-bond donors (Lipinski definition) is 3. The van der Waals surface area contributed by atoms with E-state index in [1.165, 1.54) is 5.56 Å². The van der Waals surface area contributed by atoms with Gasteiger partial charge in [0.1, 0.15) is 0 Å². The molecule has 0 amide bonds. The van der Waals surface area contributed by atoms with Crippen molar-refractivity contribution in [2.45, 2.75) is 6.54 Å². The number of rotatable bonds is 6. The molecule has 0 aliphatic carbocycles. The summed E-state index contributed by atoms with van der Waals surface area (Å²) in [7, 11) is 0. The quantitative estimate of drug-likeness (QED) is 0.422. The van der Waals surface area contributed by atoms with Gasteiger partial charge in [0.2, 0.25) is 0 Å². The summed E-state index contributed by atoms with van der Waals surface area (Å²) in [5, 5.41) is 16.3. The summed E-state index contributed by atoms with van der Waals surface area (Å²) >= 11 is 0. The molecule has 158 valence electrons. The number of nitrogens with one attached hydrogen (secondary N) is 1. The van der Waals surface area contributed by atoms with Crippen molar-refractivity contribution in [1.82, 2.24) is 15.1 Å². The van der Waals surface area contributed by atoms with E-state index in [0.29, 0.717) is 16.9 Å². The van der Waals surface area contributed by atoms with Gasteiger partial charge in [-0.25, -0.2) is 0 Å². The van der Waals surface area contributed by atoms with Gasteiger partial charge in [-0.05, 0) is 41.0 Å². The van der Waals surface area contributed by atoms with E-state index in [4.69, 9.17) is 21.6 Å². The van der Waals surface area contributed by atoms with Crippen LogP contribution in [0, 0.1) is 5.41 Å². The Labute approximate surface area is 181 Å². The zero-order chi connectivity index (χ0) is 21.6. The number of allylic oxidation sites excluding steroid dienone is 1. The Balaban J connectivity index is 1.55. The van der Waals surface area contributed by atoms with E-state index >= 15 is 0 Å². The summed E-state index contributed by atoms with van der Waals surface area (Å²) in [5.41, 5.74) is 18.1. The molecule has 1 aromatic heterocycles. The lowest BCUT2D eigenvalue weighted by molar-refractivity contribution is 0.0342. The maximum Gasteiger partial charge on any atom is 0.0862 e. The Kier molecular flexibility index (Phi) is 6.35. The van der Waals surface area contributed by atoms with E-state index in [1.54, 1.807) is 18.5 Å². The number of aromatic nitrogens is 2. The minimum atomic E-state index is 0.194. The Morgan fingerprint density at radius 3 is 2.68 bits per heavy atom. The van der Waals surface area contributed by atoms with Crippen LogP contribution in [0.2, 0.25) is 0 Å². The highest BCUT2D eigenvalue weighted by molar-refractivity contribution is 6.15. The predicted octanol–water partition coefficient (Wildman–Crippen LogP) is 2.93. The first-order chi connectivity index (χ1) is 15.1. The maximum absolute atomic E-state index is 8.62. The Morgan fingerprint density at radius 2 is 1.90 bits per heavy atom. The van der Waals surface area contributed by atoms with Crippen LogP contribution < -0.4 is 11.5 Å². The molecule has 7 nitrogen and oxygen atoms in total. The first kappa shape index (κ1) is 20.7. The minimum Gasteiger partial charge on any atom is -0.398 e. The molecule has 1 fully saturated rings. The second kappa shape index (κ2) is 9.51. The van der Waals surface area contributed by atoms with Crippen molar-refractivity contribution in [2.24, 2.45) is 5.73 Å². The molecule has 1 saturated heterocycles. The zero-order valence-electron chi connectivity index (χ0n) is 17.3. The molecule has 0 atom stereocenters. The predicted molar refractivity (Wildman–Crippen MR) is 123 cm³/mol. The number of benzene rings is 2. The molecule has 3 aromatic rings. The van der Waals surface area contributed by atoms with Crippen LogP contribution in [0.1, 0.15) is 16.7 Å². The summed E-state index contributed by atoms with van der Waals surface area (Å²) in [6.45, 7) is 4.31. The normalized spacial score (nSPS) is 15.0. The average molecular weight is 415 g/mol. The standard InChI is InChI=1S/C24H26N6O/c25-22-5-4-19(20-6-7-28-29-15-20)14-21(22)24(27)23(26)13-17-2-1-3-18(12-17)16-30-8-10-31-11-9-30/h1-7,12-15,27H,8-11,16,25-26H2/b23-13-,27-24?. The van der Waals surface area contributed by atoms with Crippen molar-refractivity contribution >= 4 is 17.5 Å². The van der Waals surface area contributed by atoms with Crippen LogP contribution in [0.25, 0.3) is 17.2 Å². The molecular weight excluding hydrogens is 388 g/mol. The van der Waals surface area contributed by atoms with E-state index < -0.39 is 0 Å². The summed E-state index contributed by atoms with van der Waals surface area (Å²) in [6.07, 6.45) is 5.14. The van der Waals surface area contributed by atoms with E-state index in [-0.39, 0.29) is 5.71 Å². The maximum atomic E-state index is 8.62. The van der Waals surface area contributed by atoms with Gasteiger partial charge in [0.15, 0.2) is 0 Å². The summed E-state index contributed by atoms with van der Waals surface area (Å²) < 4.78 is 5.42. The van der Waals surface area contributed by atoms with Crippen LogP contribution in [0.15, 0.2) is 66.6 Å². The highest BCUT2D eigenvalue weighted by Crippen LogP contribution is 2.24. The van der Waals surface area contributed by atoms with Crippen LogP contribution in [0.5, 0.6) is 0 Å². The second-order valence-electron chi connectivity index (χ2n) is 7.54. The van der Waals surface area contributed by atoms with E-state index in [1.807, 2.05) is 36.4 Å². The Morgan fingerprint density at radius 1 is 1.06 bits per heavy atom. The number of morpholine rings is 1. The van der Waals surface area contributed by atoms with Gasteiger partial charge in [-0.2, -0.15) is 10.2 Å². The monoisotopic (exact) mass is 414 g/mol. The molecule has 0 spiro atoms. The lowest BCUT2D eigenvalue weighted by Gasteiger charge is -2.26. The lowest BCUT2D eigenvalue weighted by atomic mass is 9.98. The van der Waals surface area contributed by atoms with Crippen molar-refractivity contribution in [3.8, 4) is 11.1 Å². The number of anilines is 1. The van der Waals surface area contributed by atoms with E-state index in [2.05, 4.69) is 27.2 Å². The fourth-order valence-corrected chi connectivity index (χ4v) is 3.62. The van der Waals surface area contributed by atoms with Crippen LogP contribution in [0.3, 0.4) is 0 Å². The SMILES string of the molecule is N=C(/C(N)=C/c1cccc(CN2CCOCC2)c1)c1cc(-c2ccnnc2)ccc1N. The number of ether oxygens (including phenoxy) is 1. The lowest BCUT2D eigenvalue weighted by Crippen LogP contribution is -2.35. The Bertz CT molecular complexity index is 1090. The molecule has 0 unspecified atom stereocenters. The highest BCUT2D eigenvalue weighted by atomic mass is 16.5. The number of nitrogens with zero attached hydrogens (tertiary/aromatic N) is 3. The largest absolute Gasteiger partial charge is 0.398 e. The van der Waals surface area contributed by atoms with Gasteiger partial charge < -0.3 is 16.2 Å². The van der Waals surface area contributed by atoms with Crippen LogP contribution in [-0.2, 0) is 11.3 Å². The third-order valence-electron chi connectivity index (χ3n) is 5.31. The van der Waals surface area contributed by atoms with E-state index in [0.717, 1.165) is 49.5 Å². The fraction of sp³-hybridized carbons (Fsp3) is 0.208. The third kappa shape index (κ3) is 5.14. The fourth-order valence-electron chi connectivity index (χ4n) is 3.62. The smallest absolute Gasteiger partial charge is 0.0862 e. The van der Waals surface area contributed by atoms with Gasteiger partial charge in [-0.1, -0.05) is 30.3 Å². The average Bonchev–Trinajstić information content (AvgIpc) is 2.80. The second-order valence-corrected chi connectivity index (χ2v) is 7.54. The number of nitrogens with two attached hydrogens (primary N) is 2. The molecule has 4 rings (SSSR count). The van der Waals surface area contributed by atoms with E-state index in [9.17, 15) is 0 Å². The first-order valence-electron chi connectivity index (χ1n) is 10.2. The topological polar surface area (TPSA) is 114 Å². The van der Waals surface area contributed by atoms with Gasteiger partial charge in [-0.15, -0.1) is 0 Å². The summed E-state index contributed by atoms with van der Waals surface area (Å²) in [5.74, 6) is 0. The Hall–Kier alpha value is -3.55. The van der Waals surface area contributed by atoms with Crippen molar-refractivity contribution in [1.29, 1.82) is 5.41 Å². The van der Waals surface area contributed by atoms with Gasteiger partial charge in [0, 0.05) is 36.4 Å². The minimum absolute atomic E-state index is 0.194. The third-order valence-corrected chi connectivity index (χ3v) is 5.31. The molecule has 1 aliphatic heterocycles. The van der Waals surface area contributed by atoms with Gasteiger partial charge in [-0.3, -0.25) is 10.3 Å². The van der Waals surface area contributed by atoms with Crippen molar-refractivity contribution < 1.29 is 4.74 Å². The number of hydrogen-bond acceptors (Lipinski definition) is 7. The molecule has 7 heteroatoms. The molecular formula is C24H26N6O. The van der Waals surface area contributed by atoms with Crippen molar-refractivity contribution in [3.05, 3.63) is 83.3 Å². The van der Waals surface area contributed by atoms with Crippen LogP contribution >= 0.6 is 0 Å². The molecule has 0 radical (unpaired) electrons.